The predicted octanol–water partition coefficient (Wildman–Crippen LogP) is 0.638. The fourth-order valence-corrected chi connectivity index (χ4v) is 3.26. The molecule has 86 valence electrons. The van der Waals surface area contributed by atoms with Gasteiger partial charge in [-0.25, -0.2) is 8.42 Å². The van der Waals surface area contributed by atoms with E-state index in [-0.39, 0.29) is 10.4 Å². The number of hydrogen-bond acceptors (Lipinski definition) is 5. The number of hydrogen-bond donors (Lipinski definition) is 3. The van der Waals surface area contributed by atoms with Gasteiger partial charge in [0.15, 0.2) is 0 Å². The maximum absolute atomic E-state index is 11.9. The van der Waals surface area contributed by atoms with Gasteiger partial charge < -0.3 is 11.1 Å². The van der Waals surface area contributed by atoms with E-state index >= 15 is 0 Å². The highest BCUT2D eigenvalue weighted by atomic mass is 32.2. The molecule has 1 aromatic carbocycles. The first-order chi connectivity index (χ1) is 7.58. The summed E-state index contributed by atoms with van der Waals surface area (Å²) in [6, 6.07) is 6.07. The highest BCUT2D eigenvalue weighted by Gasteiger charge is 2.20. The van der Waals surface area contributed by atoms with Crippen LogP contribution in [-0.2, 0) is 10.0 Å². The topological polar surface area (TPSA) is 84.2 Å². The second-order valence-electron chi connectivity index (χ2n) is 3.18. The van der Waals surface area contributed by atoms with Gasteiger partial charge in [-0.05, 0) is 29.7 Å². The lowest BCUT2D eigenvalue weighted by Gasteiger charge is -2.12. The lowest BCUT2D eigenvalue weighted by Crippen LogP contribution is -2.38. The lowest BCUT2D eigenvalue weighted by molar-refractivity contribution is 0.574. The van der Waals surface area contributed by atoms with Crippen molar-refractivity contribution in [3.05, 3.63) is 35.9 Å². The Morgan fingerprint density at radius 3 is 2.56 bits per heavy atom. The number of rotatable bonds is 3. The molecule has 4 N–H and O–H groups in total. The van der Waals surface area contributed by atoms with Crippen LogP contribution in [0.2, 0.25) is 0 Å². The summed E-state index contributed by atoms with van der Waals surface area (Å²) in [4.78, 5) is 0.205. The molecule has 0 bridgehead atoms. The van der Waals surface area contributed by atoms with Gasteiger partial charge >= 0.3 is 0 Å². The Balaban J connectivity index is 2.15. The first-order valence-corrected chi connectivity index (χ1v) is 6.95. The van der Waals surface area contributed by atoms with E-state index in [9.17, 15) is 8.42 Å². The number of nitrogens with one attached hydrogen (secondary N) is 2. The van der Waals surface area contributed by atoms with E-state index in [0.29, 0.717) is 5.69 Å². The van der Waals surface area contributed by atoms with Crippen LogP contribution in [0.3, 0.4) is 0 Å². The molecule has 0 radical (unpaired) electrons. The number of nitrogen functional groups attached to an aromatic ring is 1. The van der Waals surface area contributed by atoms with E-state index < -0.39 is 10.0 Å². The monoisotopic (exact) mass is 257 g/mol. The van der Waals surface area contributed by atoms with Crippen LogP contribution in [0.1, 0.15) is 0 Å². The quantitative estimate of drug-likeness (QED) is 0.692. The highest BCUT2D eigenvalue weighted by Crippen LogP contribution is 2.17. The summed E-state index contributed by atoms with van der Waals surface area (Å²) >= 11 is 1.36. The molecule has 16 heavy (non-hydrogen) atoms. The average Bonchev–Trinajstić information content (AvgIpc) is 2.70. The third-order valence-electron chi connectivity index (χ3n) is 1.98. The molecule has 1 aromatic rings. The third-order valence-corrected chi connectivity index (χ3v) is 4.39. The Morgan fingerprint density at radius 2 is 2.00 bits per heavy atom. The highest BCUT2D eigenvalue weighted by molar-refractivity contribution is 8.03. The van der Waals surface area contributed by atoms with Crippen molar-refractivity contribution < 1.29 is 8.42 Å². The SMILES string of the molecule is Nc1ccc(S(=O)(=O)NC2NC=CS2)cc1. The van der Waals surface area contributed by atoms with Crippen LogP contribution < -0.4 is 15.8 Å². The van der Waals surface area contributed by atoms with E-state index in [1.807, 2.05) is 0 Å². The summed E-state index contributed by atoms with van der Waals surface area (Å²) in [6.45, 7) is 0. The van der Waals surface area contributed by atoms with Crippen molar-refractivity contribution >= 4 is 27.5 Å². The lowest BCUT2D eigenvalue weighted by atomic mass is 10.3. The normalized spacial score (nSPS) is 19.6. The Bertz CT molecular complexity index is 488. The molecule has 0 amide bonds. The van der Waals surface area contributed by atoms with Crippen LogP contribution in [0.5, 0.6) is 0 Å². The first kappa shape index (κ1) is 11.3. The van der Waals surface area contributed by atoms with Crippen LogP contribution in [0.15, 0.2) is 40.8 Å². The number of nitrogens with two attached hydrogens (primary N) is 1. The Hall–Kier alpha value is -1.18. The van der Waals surface area contributed by atoms with Crippen LogP contribution in [0.4, 0.5) is 5.69 Å². The molecular formula is C9H11N3O2S2. The van der Waals surface area contributed by atoms with Crippen molar-refractivity contribution in [2.75, 3.05) is 5.73 Å². The minimum atomic E-state index is -3.49. The van der Waals surface area contributed by atoms with Crippen molar-refractivity contribution in [2.45, 2.75) is 10.4 Å². The summed E-state index contributed by atoms with van der Waals surface area (Å²) in [5.74, 6) is 0. The second-order valence-corrected chi connectivity index (χ2v) is 5.91. The molecule has 0 aliphatic carbocycles. The van der Waals surface area contributed by atoms with Gasteiger partial charge in [-0.1, -0.05) is 11.8 Å². The Labute approximate surface area is 98.2 Å². The number of thioether (sulfide) groups is 1. The molecule has 1 aliphatic heterocycles. The average molecular weight is 257 g/mol. The van der Waals surface area contributed by atoms with Gasteiger partial charge in [0.1, 0.15) is 5.50 Å². The van der Waals surface area contributed by atoms with Crippen molar-refractivity contribution in [1.29, 1.82) is 0 Å². The molecule has 7 heteroatoms. The Morgan fingerprint density at radius 1 is 1.31 bits per heavy atom. The summed E-state index contributed by atoms with van der Waals surface area (Å²) in [5.41, 5.74) is 5.68. The molecular weight excluding hydrogens is 246 g/mol. The van der Waals surface area contributed by atoms with Gasteiger partial charge in [-0.15, -0.1) is 0 Å². The van der Waals surface area contributed by atoms with E-state index in [2.05, 4.69) is 10.0 Å². The van der Waals surface area contributed by atoms with E-state index in [0.717, 1.165) is 0 Å². The van der Waals surface area contributed by atoms with Crippen LogP contribution in [0.25, 0.3) is 0 Å². The van der Waals surface area contributed by atoms with Gasteiger partial charge in [0, 0.05) is 11.9 Å². The van der Waals surface area contributed by atoms with E-state index in [1.54, 1.807) is 23.7 Å². The molecule has 0 aromatic heterocycles. The zero-order valence-electron chi connectivity index (χ0n) is 8.25. The molecule has 2 rings (SSSR count). The number of benzene rings is 1. The van der Waals surface area contributed by atoms with E-state index in [4.69, 9.17) is 5.73 Å². The molecule has 0 spiro atoms. The number of anilines is 1. The molecule has 0 fully saturated rings. The molecule has 1 heterocycles. The van der Waals surface area contributed by atoms with Crippen LogP contribution >= 0.6 is 11.8 Å². The minimum Gasteiger partial charge on any atom is -0.399 e. The second kappa shape index (κ2) is 4.36. The largest absolute Gasteiger partial charge is 0.399 e. The van der Waals surface area contributed by atoms with Gasteiger partial charge in [-0.2, -0.15) is 4.72 Å². The van der Waals surface area contributed by atoms with Crippen LogP contribution in [-0.4, -0.2) is 13.9 Å². The maximum atomic E-state index is 11.9. The summed E-state index contributed by atoms with van der Waals surface area (Å²) < 4.78 is 26.2. The zero-order chi connectivity index (χ0) is 11.6. The maximum Gasteiger partial charge on any atom is 0.242 e. The predicted molar refractivity (Wildman–Crippen MR) is 64.8 cm³/mol. The van der Waals surface area contributed by atoms with Crippen molar-refractivity contribution in [2.24, 2.45) is 0 Å². The first-order valence-electron chi connectivity index (χ1n) is 4.52. The van der Waals surface area contributed by atoms with Gasteiger partial charge in [-0.3, -0.25) is 0 Å². The Kier molecular flexibility index (Phi) is 3.08. The third kappa shape index (κ3) is 2.49. The van der Waals surface area contributed by atoms with Crippen molar-refractivity contribution in [3.8, 4) is 0 Å². The smallest absolute Gasteiger partial charge is 0.242 e. The zero-order valence-corrected chi connectivity index (χ0v) is 9.88. The van der Waals surface area contributed by atoms with Gasteiger partial charge in [0.05, 0.1) is 4.90 Å². The fourth-order valence-electron chi connectivity index (χ4n) is 1.20. The molecule has 0 saturated carbocycles. The molecule has 5 nitrogen and oxygen atoms in total. The van der Waals surface area contributed by atoms with E-state index in [1.165, 1.54) is 23.9 Å². The van der Waals surface area contributed by atoms with Crippen LogP contribution in [0, 0.1) is 0 Å². The summed E-state index contributed by atoms with van der Waals surface area (Å²) in [5, 5.41) is 4.65. The van der Waals surface area contributed by atoms with Crippen molar-refractivity contribution in [1.82, 2.24) is 10.0 Å². The van der Waals surface area contributed by atoms with Gasteiger partial charge in [0.2, 0.25) is 10.0 Å². The van der Waals surface area contributed by atoms with Gasteiger partial charge in [0.25, 0.3) is 0 Å². The standard InChI is InChI=1S/C9H11N3O2S2/c10-7-1-3-8(4-2-7)16(13,14)12-9-11-5-6-15-9/h1-6,9,11-12H,10H2. The van der Waals surface area contributed by atoms with Crippen molar-refractivity contribution in [3.63, 3.8) is 0 Å². The molecule has 1 atom stereocenters. The molecule has 1 aliphatic rings. The minimum absolute atomic E-state index is 0.205. The fraction of sp³-hybridized carbons (Fsp3) is 0.111. The summed E-state index contributed by atoms with van der Waals surface area (Å²) in [6.07, 6.45) is 1.70. The molecule has 0 saturated heterocycles. The number of sulfonamides is 1. The summed E-state index contributed by atoms with van der Waals surface area (Å²) in [7, 11) is -3.49. The molecule has 1 unspecified atom stereocenters.